The van der Waals surface area contributed by atoms with Crippen molar-refractivity contribution in [1.82, 2.24) is 0 Å². The van der Waals surface area contributed by atoms with Crippen LogP contribution in [0.5, 0.6) is 11.5 Å². The lowest BCUT2D eigenvalue weighted by Gasteiger charge is -2.42. The average molecular weight is 709 g/mol. The number of anilines is 6. The van der Waals surface area contributed by atoms with E-state index in [1.165, 1.54) is 123 Å². The van der Waals surface area contributed by atoms with Gasteiger partial charge in [-0.05, 0) is 240 Å². The molecule has 272 valence electrons. The molecule has 0 amide bonds. The summed E-state index contributed by atoms with van der Waals surface area (Å²) in [5.74, 6) is 1.92. The Morgan fingerprint density at radius 2 is 0.870 bits per heavy atom. The van der Waals surface area contributed by atoms with Crippen LogP contribution in [-0.4, -0.2) is 6.71 Å². The van der Waals surface area contributed by atoms with Crippen molar-refractivity contribution in [2.75, 3.05) is 9.80 Å². The number of rotatable bonds is 4. The normalized spacial score (nSPS) is 12.7. The lowest BCUT2D eigenvalue weighted by atomic mass is 9.33. The van der Waals surface area contributed by atoms with Crippen LogP contribution in [0.15, 0.2) is 66.7 Å². The zero-order valence-corrected chi connectivity index (χ0v) is 34.7. The van der Waals surface area contributed by atoms with Crippen LogP contribution in [-0.2, 0) is 0 Å². The molecule has 3 nitrogen and oxygen atoms in total. The Bertz CT molecular complexity index is 2470. The predicted molar refractivity (Wildman–Crippen MR) is 233 cm³/mol. The Hall–Kier alpha value is -5.22. The largest absolute Gasteiger partial charge is 0.458 e. The molecule has 2 aliphatic rings. The molecule has 54 heavy (non-hydrogen) atoms. The molecule has 0 atom stereocenters. The van der Waals surface area contributed by atoms with Crippen LogP contribution in [0.1, 0.15) is 77.9 Å². The van der Waals surface area contributed by atoms with Crippen molar-refractivity contribution in [3.05, 3.63) is 145 Å². The molecule has 0 N–H and O–H groups in total. The molecule has 0 bridgehead atoms. The van der Waals surface area contributed by atoms with E-state index in [1.54, 1.807) is 0 Å². The minimum absolute atomic E-state index is 0.0326. The number of nitrogens with zero attached hydrogens (tertiary/aromatic N) is 2. The van der Waals surface area contributed by atoms with Gasteiger partial charge < -0.3 is 14.5 Å². The Balaban J connectivity index is 1.40. The van der Waals surface area contributed by atoms with E-state index in [0.717, 1.165) is 17.2 Å². The molecular weight excluding hydrogens is 655 g/mol. The Labute approximate surface area is 323 Å². The summed E-state index contributed by atoms with van der Waals surface area (Å²) in [7, 11) is 0. The lowest BCUT2D eigenvalue weighted by Crippen LogP contribution is -2.60. The van der Waals surface area contributed by atoms with E-state index in [4.69, 9.17) is 4.74 Å². The van der Waals surface area contributed by atoms with E-state index in [1.807, 2.05) is 0 Å². The fraction of sp³-hybridized carbons (Fsp3) is 0.280. The van der Waals surface area contributed by atoms with Crippen molar-refractivity contribution >= 4 is 57.2 Å². The number of aryl methyl sites for hydroxylation is 10. The summed E-state index contributed by atoms with van der Waals surface area (Å²) >= 11 is 0. The maximum absolute atomic E-state index is 7.25. The quantitative estimate of drug-likeness (QED) is 0.169. The zero-order chi connectivity index (χ0) is 38.7. The zero-order valence-electron chi connectivity index (χ0n) is 34.7. The van der Waals surface area contributed by atoms with E-state index >= 15 is 0 Å². The molecular formula is C50H53BN2O. The molecule has 4 heteroatoms. The van der Waals surface area contributed by atoms with Crippen LogP contribution in [0.3, 0.4) is 0 Å². The van der Waals surface area contributed by atoms with Crippen LogP contribution in [0, 0.1) is 96.9 Å². The van der Waals surface area contributed by atoms with E-state index < -0.39 is 0 Å². The molecule has 0 saturated carbocycles. The van der Waals surface area contributed by atoms with E-state index in [-0.39, 0.29) is 6.71 Å². The maximum Gasteiger partial charge on any atom is 0.256 e. The van der Waals surface area contributed by atoms with Crippen LogP contribution in [0.2, 0.25) is 0 Å². The summed E-state index contributed by atoms with van der Waals surface area (Å²) in [6.07, 6.45) is 0. The number of fused-ring (bicyclic) bond motifs is 4. The first kappa shape index (κ1) is 35.8. The first-order valence-electron chi connectivity index (χ1n) is 19.5. The van der Waals surface area contributed by atoms with Gasteiger partial charge in [-0.3, -0.25) is 0 Å². The standard InChI is InChI=1S/C50H53BN2O/c1-26-21-43-46(23-27(26)2)53(42-19-32(7)38(13)33(8)20-42)47-24-34(9)39(14)50-49(47)51(43)44-22-35(10)45(25-48(44)54-50)52(40-15-28(3)36(11)29(4)16-40)41-17-30(5)37(12)31(6)18-41/h15-25H,1-14H3. The minimum Gasteiger partial charge on any atom is -0.458 e. The molecule has 0 aromatic heterocycles. The third-order valence-electron chi connectivity index (χ3n) is 13.1. The molecule has 0 unspecified atom stereocenters. The predicted octanol–water partition coefficient (Wildman–Crippen LogP) is 11.9. The van der Waals surface area contributed by atoms with Gasteiger partial charge in [0, 0.05) is 34.5 Å². The molecule has 2 aliphatic heterocycles. The first-order chi connectivity index (χ1) is 25.5. The third-order valence-corrected chi connectivity index (χ3v) is 13.1. The Morgan fingerprint density at radius 1 is 0.426 bits per heavy atom. The smallest absolute Gasteiger partial charge is 0.256 e. The second kappa shape index (κ2) is 12.7. The van der Waals surface area contributed by atoms with E-state index in [9.17, 15) is 0 Å². The van der Waals surface area contributed by atoms with Crippen LogP contribution in [0.4, 0.5) is 34.1 Å². The van der Waals surface area contributed by atoms with Crippen LogP contribution >= 0.6 is 0 Å². The highest BCUT2D eigenvalue weighted by Gasteiger charge is 2.43. The summed E-state index contributed by atoms with van der Waals surface area (Å²) in [5, 5.41) is 0. The molecule has 8 rings (SSSR count). The van der Waals surface area contributed by atoms with Gasteiger partial charge >= 0.3 is 0 Å². The number of hydrogen-bond acceptors (Lipinski definition) is 3. The topological polar surface area (TPSA) is 15.7 Å². The lowest BCUT2D eigenvalue weighted by molar-refractivity contribution is 0.483. The fourth-order valence-corrected chi connectivity index (χ4v) is 8.84. The van der Waals surface area contributed by atoms with Gasteiger partial charge in [-0.15, -0.1) is 0 Å². The van der Waals surface area contributed by atoms with E-state index in [2.05, 4.69) is 173 Å². The van der Waals surface area contributed by atoms with Gasteiger partial charge in [-0.25, -0.2) is 0 Å². The maximum atomic E-state index is 7.25. The van der Waals surface area contributed by atoms with Crippen molar-refractivity contribution < 1.29 is 4.74 Å². The third kappa shape index (κ3) is 5.40. The van der Waals surface area contributed by atoms with E-state index in [0.29, 0.717) is 0 Å². The molecule has 0 spiro atoms. The monoisotopic (exact) mass is 708 g/mol. The average Bonchev–Trinajstić information content (AvgIpc) is 3.11. The molecule has 0 radical (unpaired) electrons. The molecule has 0 aliphatic carbocycles. The van der Waals surface area contributed by atoms with Crippen molar-refractivity contribution in [2.24, 2.45) is 0 Å². The summed E-state index contributed by atoms with van der Waals surface area (Å²) in [6, 6.07) is 26.1. The molecule has 2 heterocycles. The number of benzene rings is 6. The van der Waals surface area contributed by atoms with Crippen molar-refractivity contribution in [2.45, 2.75) is 96.9 Å². The fourth-order valence-electron chi connectivity index (χ4n) is 8.84. The second-order valence-corrected chi connectivity index (χ2v) is 16.6. The highest BCUT2D eigenvalue weighted by atomic mass is 16.5. The molecule has 0 fully saturated rings. The Kier molecular flexibility index (Phi) is 8.41. The molecule has 6 aromatic rings. The van der Waals surface area contributed by atoms with Gasteiger partial charge in [0.1, 0.15) is 11.5 Å². The van der Waals surface area contributed by atoms with Gasteiger partial charge in [0.15, 0.2) is 0 Å². The minimum atomic E-state index is 0.0326. The Morgan fingerprint density at radius 3 is 1.41 bits per heavy atom. The van der Waals surface area contributed by atoms with Gasteiger partial charge in [0.2, 0.25) is 0 Å². The van der Waals surface area contributed by atoms with Crippen LogP contribution in [0.25, 0.3) is 0 Å². The summed E-state index contributed by atoms with van der Waals surface area (Å²) in [4.78, 5) is 4.96. The van der Waals surface area contributed by atoms with Gasteiger partial charge in [-0.1, -0.05) is 12.1 Å². The van der Waals surface area contributed by atoms with Crippen molar-refractivity contribution in [1.29, 1.82) is 0 Å². The summed E-state index contributed by atoms with van der Waals surface area (Å²) in [5.41, 5.74) is 29.0. The van der Waals surface area contributed by atoms with Gasteiger partial charge in [0.25, 0.3) is 6.71 Å². The van der Waals surface area contributed by atoms with Gasteiger partial charge in [-0.2, -0.15) is 0 Å². The number of hydrogen-bond donors (Lipinski definition) is 0. The van der Waals surface area contributed by atoms with Gasteiger partial charge in [0.05, 0.1) is 5.69 Å². The molecule has 0 saturated heterocycles. The second-order valence-electron chi connectivity index (χ2n) is 16.6. The SMILES string of the molecule is Cc1cc2c(cc1C)N(c1cc(C)c(C)c(C)c1)c1cc(C)c(C)c3c1B2c1cc(C)c(N(c2cc(C)c(C)c(C)c2)c2cc(C)c(C)c(C)c2)cc1O3. The summed E-state index contributed by atoms with van der Waals surface area (Å²) < 4.78 is 7.25. The highest BCUT2D eigenvalue weighted by Crippen LogP contribution is 2.46. The first-order valence-corrected chi connectivity index (χ1v) is 19.5. The van der Waals surface area contributed by atoms with Crippen LogP contribution < -0.4 is 30.9 Å². The van der Waals surface area contributed by atoms with Crippen molar-refractivity contribution in [3.8, 4) is 11.5 Å². The molecule has 6 aromatic carbocycles. The van der Waals surface area contributed by atoms with Crippen molar-refractivity contribution in [3.63, 3.8) is 0 Å². The summed E-state index contributed by atoms with van der Waals surface area (Å²) in [6.45, 7) is 31.3. The number of ether oxygens (including phenoxy) is 1. The highest BCUT2D eigenvalue weighted by molar-refractivity contribution is 6.99.